The standard InChI is InChI=1S/C6H15N3/c1-6(2)3-5(7)9(8)4-6/h5H,3-4,7-8H2,1-2H3. The predicted molar refractivity (Wildman–Crippen MR) is 37.3 cm³/mol. The first-order valence-corrected chi connectivity index (χ1v) is 3.28. The molecule has 1 heterocycles. The van der Waals surface area contributed by atoms with Gasteiger partial charge in [-0.15, -0.1) is 0 Å². The van der Waals surface area contributed by atoms with Crippen molar-refractivity contribution in [2.75, 3.05) is 6.54 Å². The Morgan fingerprint density at radius 1 is 1.56 bits per heavy atom. The summed E-state index contributed by atoms with van der Waals surface area (Å²) in [5, 5.41) is 1.71. The van der Waals surface area contributed by atoms with Crippen molar-refractivity contribution < 1.29 is 0 Å². The first-order valence-electron chi connectivity index (χ1n) is 3.28. The summed E-state index contributed by atoms with van der Waals surface area (Å²) in [5.74, 6) is 5.56. The van der Waals surface area contributed by atoms with E-state index in [1.165, 1.54) is 0 Å². The van der Waals surface area contributed by atoms with Crippen molar-refractivity contribution in [3.63, 3.8) is 0 Å². The predicted octanol–water partition coefficient (Wildman–Crippen LogP) is -0.123. The van der Waals surface area contributed by atoms with Crippen molar-refractivity contribution in [3.8, 4) is 0 Å². The van der Waals surface area contributed by atoms with Crippen LogP contribution in [0.4, 0.5) is 0 Å². The molecule has 0 radical (unpaired) electrons. The van der Waals surface area contributed by atoms with Crippen molar-refractivity contribution in [2.45, 2.75) is 26.4 Å². The molecule has 0 amide bonds. The molecule has 0 spiro atoms. The zero-order chi connectivity index (χ0) is 7.07. The van der Waals surface area contributed by atoms with Gasteiger partial charge in [-0.3, -0.25) is 5.84 Å². The molecule has 1 atom stereocenters. The summed E-state index contributed by atoms with van der Waals surface area (Å²) < 4.78 is 0. The molecule has 54 valence electrons. The Balaban J connectivity index is 2.54. The van der Waals surface area contributed by atoms with Gasteiger partial charge in [0, 0.05) is 6.54 Å². The van der Waals surface area contributed by atoms with E-state index in [1.807, 2.05) is 0 Å². The van der Waals surface area contributed by atoms with Gasteiger partial charge in [0.25, 0.3) is 0 Å². The molecule has 1 unspecified atom stereocenters. The van der Waals surface area contributed by atoms with Gasteiger partial charge in [-0.25, -0.2) is 5.01 Å². The van der Waals surface area contributed by atoms with Gasteiger partial charge < -0.3 is 5.73 Å². The zero-order valence-corrected chi connectivity index (χ0v) is 6.09. The van der Waals surface area contributed by atoms with Crippen molar-refractivity contribution in [2.24, 2.45) is 17.0 Å². The second-order valence-electron chi connectivity index (χ2n) is 3.61. The largest absolute Gasteiger partial charge is 0.315 e. The van der Waals surface area contributed by atoms with Gasteiger partial charge >= 0.3 is 0 Å². The van der Waals surface area contributed by atoms with Crippen molar-refractivity contribution >= 4 is 0 Å². The summed E-state index contributed by atoms with van der Waals surface area (Å²) in [7, 11) is 0. The van der Waals surface area contributed by atoms with E-state index in [-0.39, 0.29) is 6.17 Å². The molecule has 3 heteroatoms. The van der Waals surface area contributed by atoms with Gasteiger partial charge in [0.05, 0.1) is 6.17 Å². The van der Waals surface area contributed by atoms with Gasteiger partial charge in [-0.2, -0.15) is 0 Å². The SMILES string of the molecule is CC1(C)CC(N)N(N)C1. The minimum Gasteiger partial charge on any atom is -0.315 e. The molecule has 0 aliphatic carbocycles. The maximum Gasteiger partial charge on any atom is 0.0711 e. The Hall–Kier alpha value is -0.120. The van der Waals surface area contributed by atoms with Crippen LogP contribution in [0.5, 0.6) is 0 Å². The van der Waals surface area contributed by atoms with E-state index in [2.05, 4.69) is 13.8 Å². The fraction of sp³-hybridized carbons (Fsp3) is 1.00. The summed E-state index contributed by atoms with van der Waals surface area (Å²) in [6.45, 7) is 5.27. The molecule has 0 aromatic rings. The van der Waals surface area contributed by atoms with E-state index < -0.39 is 0 Å². The van der Waals surface area contributed by atoms with Crippen LogP contribution in [0.3, 0.4) is 0 Å². The highest BCUT2D eigenvalue weighted by Crippen LogP contribution is 2.29. The van der Waals surface area contributed by atoms with Crippen LogP contribution in [-0.2, 0) is 0 Å². The number of hydrogen-bond donors (Lipinski definition) is 2. The van der Waals surface area contributed by atoms with E-state index in [0.29, 0.717) is 5.41 Å². The summed E-state index contributed by atoms with van der Waals surface area (Å²) in [6.07, 6.45) is 1.07. The average molecular weight is 129 g/mol. The minimum atomic E-state index is 0.0694. The molecular weight excluding hydrogens is 114 g/mol. The molecule has 3 nitrogen and oxygen atoms in total. The Labute approximate surface area is 56.0 Å². The van der Waals surface area contributed by atoms with Crippen molar-refractivity contribution in [3.05, 3.63) is 0 Å². The van der Waals surface area contributed by atoms with Crippen molar-refractivity contribution in [1.29, 1.82) is 0 Å². The maximum atomic E-state index is 5.65. The quantitative estimate of drug-likeness (QED) is 0.448. The second kappa shape index (κ2) is 1.94. The van der Waals surface area contributed by atoms with Gasteiger partial charge in [0.1, 0.15) is 0 Å². The lowest BCUT2D eigenvalue weighted by molar-refractivity contribution is 0.253. The van der Waals surface area contributed by atoms with Crippen molar-refractivity contribution in [1.82, 2.24) is 5.01 Å². The third kappa shape index (κ3) is 1.41. The highest BCUT2D eigenvalue weighted by atomic mass is 15.5. The molecule has 0 aromatic carbocycles. The third-order valence-corrected chi connectivity index (χ3v) is 1.80. The minimum absolute atomic E-state index is 0.0694. The molecule has 1 fully saturated rings. The molecule has 1 saturated heterocycles. The van der Waals surface area contributed by atoms with Crippen LogP contribution in [0.2, 0.25) is 0 Å². The lowest BCUT2D eigenvalue weighted by Crippen LogP contribution is -2.41. The Morgan fingerprint density at radius 2 is 2.11 bits per heavy atom. The van der Waals surface area contributed by atoms with Crippen LogP contribution in [0.1, 0.15) is 20.3 Å². The highest BCUT2D eigenvalue weighted by Gasteiger charge is 2.33. The van der Waals surface area contributed by atoms with E-state index in [4.69, 9.17) is 11.6 Å². The van der Waals surface area contributed by atoms with Crippen LogP contribution in [0, 0.1) is 5.41 Å². The molecule has 0 aromatic heterocycles. The molecule has 4 N–H and O–H groups in total. The summed E-state index contributed by atoms with van der Waals surface area (Å²) >= 11 is 0. The maximum absolute atomic E-state index is 5.65. The lowest BCUT2D eigenvalue weighted by atomic mass is 9.92. The van der Waals surface area contributed by atoms with Crippen LogP contribution < -0.4 is 11.6 Å². The molecular formula is C6H15N3. The number of hydrazine groups is 1. The molecule has 1 aliphatic heterocycles. The van der Waals surface area contributed by atoms with Gasteiger partial charge in [-0.1, -0.05) is 13.8 Å². The fourth-order valence-corrected chi connectivity index (χ4v) is 1.36. The first-order chi connectivity index (χ1) is 4.01. The third-order valence-electron chi connectivity index (χ3n) is 1.80. The van der Waals surface area contributed by atoms with Crippen LogP contribution in [0.25, 0.3) is 0 Å². The zero-order valence-electron chi connectivity index (χ0n) is 6.09. The number of nitrogens with two attached hydrogens (primary N) is 2. The van der Waals surface area contributed by atoms with Crippen LogP contribution in [-0.4, -0.2) is 17.7 Å². The molecule has 0 saturated carbocycles. The fourth-order valence-electron chi connectivity index (χ4n) is 1.36. The molecule has 1 rings (SSSR count). The first kappa shape index (κ1) is 6.99. The van der Waals surface area contributed by atoms with Crippen LogP contribution in [0.15, 0.2) is 0 Å². The summed E-state index contributed by atoms with van der Waals surface area (Å²) in [5.41, 5.74) is 5.97. The summed E-state index contributed by atoms with van der Waals surface area (Å²) in [4.78, 5) is 0. The number of rotatable bonds is 0. The van der Waals surface area contributed by atoms with E-state index in [9.17, 15) is 0 Å². The smallest absolute Gasteiger partial charge is 0.0711 e. The number of hydrogen-bond acceptors (Lipinski definition) is 3. The Morgan fingerprint density at radius 3 is 2.22 bits per heavy atom. The van der Waals surface area contributed by atoms with Gasteiger partial charge in [0.2, 0.25) is 0 Å². The van der Waals surface area contributed by atoms with Crippen LogP contribution >= 0.6 is 0 Å². The van der Waals surface area contributed by atoms with E-state index in [0.717, 1.165) is 13.0 Å². The Kier molecular flexibility index (Phi) is 1.50. The lowest BCUT2D eigenvalue weighted by Gasteiger charge is -2.15. The van der Waals surface area contributed by atoms with Gasteiger partial charge in [0.15, 0.2) is 0 Å². The highest BCUT2D eigenvalue weighted by molar-refractivity contribution is 4.84. The molecule has 0 bridgehead atoms. The molecule has 1 aliphatic rings. The second-order valence-corrected chi connectivity index (χ2v) is 3.61. The van der Waals surface area contributed by atoms with E-state index >= 15 is 0 Å². The number of nitrogens with zero attached hydrogens (tertiary/aromatic N) is 1. The van der Waals surface area contributed by atoms with E-state index in [1.54, 1.807) is 5.01 Å². The topological polar surface area (TPSA) is 55.3 Å². The monoisotopic (exact) mass is 129 g/mol. The summed E-state index contributed by atoms with van der Waals surface area (Å²) in [6, 6.07) is 0. The normalized spacial score (nSPS) is 35.3. The molecule has 9 heavy (non-hydrogen) atoms. The average Bonchev–Trinajstić information content (AvgIpc) is 1.79. The Bertz CT molecular complexity index is 98.9. The van der Waals surface area contributed by atoms with Gasteiger partial charge in [-0.05, 0) is 11.8 Å².